The van der Waals surface area contributed by atoms with Crippen molar-refractivity contribution in [2.75, 3.05) is 31.0 Å². The summed E-state index contributed by atoms with van der Waals surface area (Å²) in [6.07, 6.45) is -0.606. The summed E-state index contributed by atoms with van der Waals surface area (Å²) >= 11 is 7.18. The van der Waals surface area contributed by atoms with Gasteiger partial charge in [-0.15, -0.1) is 11.3 Å². The van der Waals surface area contributed by atoms with Crippen molar-refractivity contribution in [2.24, 2.45) is 0 Å². The average molecular weight is 462 g/mol. The first-order valence-corrected chi connectivity index (χ1v) is 10.5. The molecule has 0 radical (unpaired) electrons. The summed E-state index contributed by atoms with van der Waals surface area (Å²) in [5.74, 6) is 0.296. The molecule has 3 rings (SSSR count). The third-order valence-electron chi connectivity index (χ3n) is 3.85. The SMILES string of the molecule is COCCOC(=O)Nc1cccc(NC(=O)c2csc(COc3ccc(Cl)cc3)n2)c1. The second-order valence-corrected chi connectivity index (χ2v) is 7.54. The number of benzene rings is 2. The van der Waals surface area contributed by atoms with Gasteiger partial charge in [0.05, 0.1) is 6.61 Å². The quantitative estimate of drug-likeness (QED) is 0.443. The van der Waals surface area contributed by atoms with Crippen LogP contribution < -0.4 is 15.4 Å². The highest BCUT2D eigenvalue weighted by molar-refractivity contribution is 7.09. The molecule has 8 nitrogen and oxygen atoms in total. The molecule has 1 aromatic heterocycles. The molecule has 31 heavy (non-hydrogen) atoms. The van der Waals surface area contributed by atoms with E-state index in [-0.39, 0.29) is 24.8 Å². The van der Waals surface area contributed by atoms with E-state index < -0.39 is 6.09 Å². The molecule has 1 heterocycles. The number of ether oxygens (including phenoxy) is 3. The maximum absolute atomic E-state index is 12.5. The Morgan fingerprint density at radius 2 is 1.81 bits per heavy atom. The highest BCUT2D eigenvalue weighted by Gasteiger charge is 2.12. The van der Waals surface area contributed by atoms with Crippen LogP contribution in [0.4, 0.5) is 16.2 Å². The molecule has 162 valence electrons. The minimum absolute atomic E-state index is 0.145. The summed E-state index contributed by atoms with van der Waals surface area (Å²) in [4.78, 5) is 28.5. The molecule has 0 atom stereocenters. The molecular formula is C21H20ClN3O5S. The van der Waals surface area contributed by atoms with E-state index in [2.05, 4.69) is 15.6 Å². The maximum atomic E-state index is 12.5. The molecule has 0 spiro atoms. The van der Waals surface area contributed by atoms with Crippen molar-refractivity contribution in [3.05, 3.63) is 69.6 Å². The minimum atomic E-state index is -0.606. The van der Waals surface area contributed by atoms with Crippen LogP contribution in [0.2, 0.25) is 5.02 Å². The third-order valence-corrected chi connectivity index (χ3v) is 4.92. The van der Waals surface area contributed by atoms with Crippen LogP contribution in [-0.2, 0) is 16.1 Å². The van der Waals surface area contributed by atoms with Crippen molar-refractivity contribution in [2.45, 2.75) is 6.61 Å². The number of nitrogens with one attached hydrogen (secondary N) is 2. The number of nitrogens with zero attached hydrogens (tertiary/aromatic N) is 1. The Bertz CT molecular complexity index is 1030. The highest BCUT2D eigenvalue weighted by atomic mass is 35.5. The zero-order chi connectivity index (χ0) is 22.1. The smallest absolute Gasteiger partial charge is 0.411 e. The molecule has 0 saturated carbocycles. The van der Waals surface area contributed by atoms with Gasteiger partial charge >= 0.3 is 6.09 Å². The lowest BCUT2D eigenvalue weighted by Gasteiger charge is -2.09. The van der Waals surface area contributed by atoms with E-state index in [9.17, 15) is 9.59 Å². The summed E-state index contributed by atoms with van der Waals surface area (Å²) in [6.45, 7) is 0.695. The maximum Gasteiger partial charge on any atom is 0.411 e. The molecule has 2 amide bonds. The Balaban J connectivity index is 1.53. The van der Waals surface area contributed by atoms with Gasteiger partial charge in [-0.3, -0.25) is 10.1 Å². The van der Waals surface area contributed by atoms with Gasteiger partial charge in [-0.1, -0.05) is 17.7 Å². The monoisotopic (exact) mass is 461 g/mol. The second-order valence-electron chi connectivity index (χ2n) is 6.16. The number of carbonyl (C=O) groups excluding carboxylic acids is 2. The third kappa shape index (κ3) is 7.25. The van der Waals surface area contributed by atoms with E-state index in [0.717, 1.165) is 0 Å². The summed E-state index contributed by atoms with van der Waals surface area (Å²) in [6, 6.07) is 13.7. The van der Waals surface area contributed by atoms with Crippen molar-refractivity contribution in [1.82, 2.24) is 4.98 Å². The second kappa shape index (κ2) is 11.3. The van der Waals surface area contributed by atoms with Gasteiger partial charge in [-0.25, -0.2) is 9.78 Å². The van der Waals surface area contributed by atoms with Crippen molar-refractivity contribution < 1.29 is 23.8 Å². The van der Waals surface area contributed by atoms with Gasteiger partial charge in [0.2, 0.25) is 0 Å². The van der Waals surface area contributed by atoms with Crippen LogP contribution in [0.5, 0.6) is 5.75 Å². The topological polar surface area (TPSA) is 98.8 Å². The van der Waals surface area contributed by atoms with Crippen molar-refractivity contribution in [3.63, 3.8) is 0 Å². The first-order valence-electron chi connectivity index (χ1n) is 9.20. The van der Waals surface area contributed by atoms with E-state index >= 15 is 0 Å². The van der Waals surface area contributed by atoms with Crippen LogP contribution >= 0.6 is 22.9 Å². The van der Waals surface area contributed by atoms with Crippen LogP contribution in [0.3, 0.4) is 0 Å². The summed E-state index contributed by atoms with van der Waals surface area (Å²) < 4.78 is 15.4. The van der Waals surface area contributed by atoms with Gasteiger partial charge < -0.3 is 19.5 Å². The molecule has 0 bridgehead atoms. The van der Waals surface area contributed by atoms with Crippen LogP contribution in [0.1, 0.15) is 15.5 Å². The lowest BCUT2D eigenvalue weighted by atomic mass is 10.2. The van der Waals surface area contributed by atoms with E-state index in [1.807, 2.05) is 0 Å². The van der Waals surface area contributed by atoms with Crippen molar-refractivity contribution in [3.8, 4) is 5.75 Å². The zero-order valence-electron chi connectivity index (χ0n) is 16.6. The highest BCUT2D eigenvalue weighted by Crippen LogP contribution is 2.20. The summed E-state index contributed by atoms with van der Waals surface area (Å²) in [7, 11) is 1.52. The van der Waals surface area contributed by atoms with Crippen LogP contribution in [0.25, 0.3) is 0 Å². The van der Waals surface area contributed by atoms with Gasteiger partial charge in [0.15, 0.2) is 0 Å². The molecule has 2 aromatic carbocycles. The van der Waals surface area contributed by atoms with Crippen LogP contribution in [-0.4, -0.2) is 37.3 Å². The van der Waals surface area contributed by atoms with E-state index in [1.165, 1.54) is 18.4 Å². The number of thiazole rings is 1. The van der Waals surface area contributed by atoms with Gasteiger partial charge in [-0.2, -0.15) is 0 Å². The number of aromatic nitrogens is 1. The number of hydrogen-bond donors (Lipinski definition) is 2. The number of halogens is 1. The van der Waals surface area contributed by atoms with Gasteiger partial charge in [0.1, 0.15) is 29.7 Å². The summed E-state index contributed by atoms with van der Waals surface area (Å²) in [5, 5.41) is 8.29. The largest absolute Gasteiger partial charge is 0.486 e. The minimum Gasteiger partial charge on any atom is -0.486 e. The van der Waals surface area contributed by atoms with Gasteiger partial charge in [0.25, 0.3) is 5.91 Å². The van der Waals surface area contributed by atoms with Crippen LogP contribution in [0.15, 0.2) is 53.9 Å². The Labute approximate surface area is 188 Å². The number of rotatable bonds is 9. The van der Waals surface area contributed by atoms with Crippen LogP contribution in [0, 0.1) is 0 Å². The molecule has 10 heteroatoms. The zero-order valence-corrected chi connectivity index (χ0v) is 18.2. The normalized spacial score (nSPS) is 10.4. The van der Waals surface area contributed by atoms with Crippen molar-refractivity contribution >= 4 is 46.3 Å². The van der Waals surface area contributed by atoms with Crippen molar-refractivity contribution in [1.29, 1.82) is 0 Å². The molecule has 0 fully saturated rings. The first-order chi connectivity index (χ1) is 15.0. The number of carbonyl (C=O) groups is 2. The molecular weight excluding hydrogens is 442 g/mol. The molecule has 0 aliphatic rings. The fourth-order valence-corrected chi connectivity index (χ4v) is 3.21. The van der Waals surface area contributed by atoms with E-state index in [0.29, 0.717) is 33.8 Å². The Morgan fingerprint density at radius 1 is 1.06 bits per heavy atom. The Kier molecular flexibility index (Phi) is 8.22. The molecule has 0 aliphatic carbocycles. The number of methoxy groups -OCH3 is 1. The average Bonchev–Trinajstić information content (AvgIpc) is 3.23. The fraction of sp³-hybridized carbons (Fsp3) is 0.190. The standard InChI is InChI=1S/C21H20ClN3O5S/c1-28-9-10-29-21(27)24-16-4-2-3-15(11-16)23-20(26)18-13-31-19(25-18)12-30-17-7-5-14(22)6-8-17/h2-8,11,13H,9-10,12H2,1H3,(H,23,26)(H,24,27). The van der Waals surface area contributed by atoms with Gasteiger partial charge in [-0.05, 0) is 42.5 Å². The first kappa shape index (κ1) is 22.5. The van der Waals surface area contributed by atoms with E-state index in [1.54, 1.807) is 53.9 Å². The Hall–Kier alpha value is -3.14. The molecule has 2 N–H and O–H groups in total. The predicted octanol–water partition coefficient (Wildman–Crippen LogP) is 4.82. The lowest BCUT2D eigenvalue weighted by molar-refractivity contribution is 0.102. The number of amides is 2. The molecule has 0 aliphatic heterocycles. The number of anilines is 2. The summed E-state index contributed by atoms with van der Waals surface area (Å²) in [5.41, 5.74) is 1.26. The lowest BCUT2D eigenvalue weighted by Crippen LogP contribution is -2.17. The molecule has 0 saturated heterocycles. The predicted molar refractivity (Wildman–Crippen MR) is 119 cm³/mol. The Morgan fingerprint density at radius 3 is 2.55 bits per heavy atom. The molecule has 0 unspecified atom stereocenters. The van der Waals surface area contributed by atoms with Gasteiger partial charge in [0, 0.05) is 28.9 Å². The number of hydrogen-bond acceptors (Lipinski definition) is 7. The fourth-order valence-electron chi connectivity index (χ4n) is 2.40. The molecule has 3 aromatic rings. The van der Waals surface area contributed by atoms with E-state index in [4.69, 9.17) is 25.8 Å².